The first-order valence-electron chi connectivity index (χ1n) is 6.18. The molecule has 1 saturated heterocycles. The fourth-order valence-electron chi connectivity index (χ4n) is 2.10. The second-order valence-electron chi connectivity index (χ2n) is 4.64. The van der Waals surface area contributed by atoms with Crippen LogP contribution in [0.25, 0.3) is 0 Å². The van der Waals surface area contributed by atoms with Gasteiger partial charge in [-0.15, -0.1) is 0 Å². The molecule has 5 nitrogen and oxygen atoms in total. The quantitative estimate of drug-likeness (QED) is 0.481. The third-order valence-corrected chi connectivity index (χ3v) is 4.23. The topological polar surface area (TPSA) is 63.5 Å². The van der Waals surface area contributed by atoms with Gasteiger partial charge >= 0.3 is 0 Å². The van der Waals surface area contributed by atoms with Crippen molar-refractivity contribution in [1.29, 1.82) is 0 Å². The van der Waals surface area contributed by atoms with E-state index in [1.807, 2.05) is 11.8 Å². The zero-order chi connectivity index (χ0) is 13.8. The minimum Gasteiger partial charge on any atom is -0.294 e. The lowest BCUT2D eigenvalue weighted by Gasteiger charge is -2.29. The van der Waals surface area contributed by atoms with E-state index >= 15 is 0 Å². The van der Waals surface area contributed by atoms with Gasteiger partial charge in [0.25, 0.3) is 5.69 Å². The van der Waals surface area contributed by atoms with Crippen molar-refractivity contribution >= 4 is 23.2 Å². The van der Waals surface area contributed by atoms with Crippen LogP contribution < -0.4 is 0 Å². The van der Waals surface area contributed by atoms with Gasteiger partial charge in [0.15, 0.2) is 5.78 Å². The average Bonchev–Trinajstić information content (AvgIpc) is 2.39. The molecule has 2 rings (SSSR count). The number of nitro groups is 1. The van der Waals surface area contributed by atoms with Crippen molar-refractivity contribution in [2.75, 3.05) is 25.4 Å². The third-order valence-electron chi connectivity index (χ3n) is 3.09. The molecule has 0 aliphatic carbocycles. The number of nitrogens with zero attached hydrogens (tertiary/aromatic N) is 2. The predicted molar refractivity (Wildman–Crippen MR) is 75.8 cm³/mol. The molecule has 1 unspecified atom stereocenters. The maximum Gasteiger partial charge on any atom is 0.269 e. The van der Waals surface area contributed by atoms with Gasteiger partial charge in [0.2, 0.25) is 0 Å². The maximum absolute atomic E-state index is 12.1. The van der Waals surface area contributed by atoms with Crippen molar-refractivity contribution in [3.63, 3.8) is 0 Å². The van der Waals surface area contributed by atoms with E-state index in [2.05, 4.69) is 11.8 Å². The highest BCUT2D eigenvalue weighted by Gasteiger charge is 2.19. The van der Waals surface area contributed by atoms with Crippen LogP contribution in [0.2, 0.25) is 0 Å². The molecule has 19 heavy (non-hydrogen) atoms. The number of ketones is 1. The molecule has 0 saturated carbocycles. The van der Waals surface area contributed by atoms with E-state index in [0.717, 1.165) is 18.8 Å². The van der Waals surface area contributed by atoms with Gasteiger partial charge < -0.3 is 0 Å². The first-order valence-corrected chi connectivity index (χ1v) is 7.23. The molecule has 1 fully saturated rings. The second-order valence-corrected chi connectivity index (χ2v) is 6.19. The number of Topliss-reactive ketones (excluding diaryl/α,β-unsaturated/α-hetero) is 1. The molecular weight excluding hydrogens is 264 g/mol. The number of hydrogen-bond acceptors (Lipinski definition) is 5. The van der Waals surface area contributed by atoms with Gasteiger partial charge in [-0.3, -0.25) is 19.8 Å². The zero-order valence-corrected chi connectivity index (χ0v) is 11.6. The van der Waals surface area contributed by atoms with Crippen LogP contribution in [0.5, 0.6) is 0 Å². The minimum atomic E-state index is -0.461. The normalized spacial score (nSPS) is 20.2. The molecule has 1 aliphatic heterocycles. The summed E-state index contributed by atoms with van der Waals surface area (Å²) in [4.78, 5) is 24.3. The Labute approximate surface area is 116 Å². The van der Waals surface area contributed by atoms with Gasteiger partial charge in [0.1, 0.15) is 0 Å². The summed E-state index contributed by atoms with van der Waals surface area (Å²) >= 11 is 1.92. The Hall–Kier alpha value is -1.40. The smallest absolute Gasteiger partial charge is 0.269 e. The number of non-ortho nitro benzene ring substituents is 1. The van der Waals surface area contributed by atoms with Crippen LogP contribution in [-0.4, -0.2) is 46.2 Å². The highest BCUT2D eigenvalue weighted by molar-refractivity contribution is 7.99. The fourth-order valence-corrected chi connectivity index (χ4v) is 3.18. The SMILES string of the molecule is CC1CN(CC(=O)c2ccc([N+](=O)[O-])cc2)CCS1. The van der Waals surface area contributed by atoms with Crippen molar-refractivity contribution in [2.45, 2.75) is 12.2 Å². The van der Waals surface area contributed by atoms with Crippen molar-refractivity contribution in [2.24, 2.45) is 0 Å². The molecule has 102 valence electrons. The number of hydrogen-bond donors (Lipinski definition) is 0. The summed E-state index contributed by atoms with van der Waals surface area (Å²) in [5, 5.41) is 11.1. The largest absolute Gasteiger partial charge is 0.294 e. The van der Waals surface area contributed by atoms with Crippen LogP contribution in [0.1, 0.15) is 17.3 Å². The molecule has 1 heterocycles. The number of carbonyl (C=O) groups excluding carboxylic acids is 1. The summed E-state index contributed by atoms with van der Waals surface area (Å²) in [6.07, 6.45) is 0. The Morgan fingerprint density at radius 3 is 2.74 bits per heavy atom. The van der Waals surface area contributed by atoms with Crippen LogP contribution in [0.3, 0.4) is 0 Å². The van der Waals surface area contributed by atoms with Crippen molar-refractivity contribution in [1.82, 2.24) is 4.90 Å². The highest BCUT2D eigenvalue weighted by atomic mass is 32.2. The Morgan fingerprint density at radius 1 is 1.47 bits per heavy atom. The molecule has 0 spiro atoms. The molecule has 0 radical (unpaired) electrons. The van der Waals surface area contributed by atoms with E-state index in [-0.39, 0.29) is 11.5 Å². The van der Waals surface area contributed by atoms with Gasteiger partial charge in [-0.2, -0.15) is 11.8 Å². The Morgan fingerprint density at radius 2 is 2.16 bits per heavy atom. The average molecular weight is 280 g/mol. The van der Waals surface area contributed by atoms with Crippen LogP contribution in [0, 0.1) is 10.1 Å². The minimum absolute atomic E-state index is 0.0135. The number of carbonyl (C=O) groups is 1. The summed E-state index contributed by atoms with van der Waals surface area (Å²) in [7, 11) is 0. The van der Waals surface area contributed by atoms with Crippen molar-refractivity contribution < 1.29 is 9.72 Å². The highest BCUT2D eigenvalue weighted by Crippen LogP contribution is 2.18. The molecule has 0 aromatic heterocycles. The third kappa shape index (κ3) is 3.78. The van der Waals surface area contributed by atoms with Gasteiger partial charge in [-0.05, 0) is 12.1 Å². The zero-order valence-electron chi connectivity index (χ0n) is 10.7. The summed E-state index contributed by atoms with van der Waals surface area (Å²) in [5.74, 6) is 1.07. The van der Waals surface area contributed by atoms with Gasteiger partial charge in [0, 0.05) is 41.8 Å². The molecule has 0 amide bonds. The molecule has 0 N–H and O–H groups in total. The van der Waals surface area contributed by atoms with E-state index in [4.69, 9.17) is 0 Å². The molecule has 1 aliphatic rings. The number of rotatable bonds is 4. The van der Waals surface area contributed by atoms with Crippen molar-refractivity contribution in [3.05, 3.63) is 39.9 Å². The first-order chi connectivity index (χ1) is 9.06. The van der Waals surface area contributed by atoms with E-state index in [1.54, 1.807) is 0 Å². The lowest BCUT2D eigenvalue weighted by Crippen LogP contribution is -2.39. The Bertz CT molecular complexity index is 475. The van der Waals surface area contributed by atoms with E-state index in [1.165, 1.54) is 24.3 Å². The molecule has 0 bridgehead atoms. The predicted octanol–water partition coefficient (Wildman–Crippen LogP) is 2.21. The van der Waals surface area contributed by atoms with E-state index in [0.29, 0.717) is 17.4 Å². The second kappa shape index (κ2) is 6.16. The van der Waals surface area contributed by atoms with Crippen molar-refractivity contribution in [3.8, 4) is 0 Å². The number of nitro benzene ring substituents is 1. The molecule has 1 atom stereocenters. The van der Waals surface area contributed by atoms with Gasteiger partial charge in [-0.25, -0.2) is 0 Å². The van der Waals surface area contributed by atoms with Crippen LogP contribution in [-0.2, 0) is 0 Å². The molecule has 6 heteroatoms. The number of benzene rings is 1. The number of thioether (sulfide) groups is 1. The standard InChI is InChI=1S/C13H16N2O3S/c1-10-8-14(6-7-19-10)9-13(16)11-2-4-12(5-3-11)15(17)18/h2-5,10H,6-9H2,1H3. The van der Waals surface area contributed by atoms with Crippen LogP contribution in [0.15, 0.2) is 24.3 Å². The summed E-state index contributed by atoms with van der Waals surface area (Å²) in [6.45, 7) is 4.40. The van der Waals surface area contributed by atoms with Gasteiger partial charge in [-0.1, -0.05) is 6.92 Å². The summed E-state index contributed by atoms with van der Waals surface area (Å²) < 4.78 is 0. The molecule has 1 aromatic carbocycles. The van der Waals surface area contributed by atoms with Crippen LogP contribution in [0.4, 0.5) is 5.69 Å². The van der Waals surface area contributed by atoms with Gasteiger partial charge in [0.05, 0.1) is 11.5 Å². The molecule has 1 aromatic rings. The summed E-state index contributed by atoms with van der Waals surface area (Å²) in [6, 6.07) is 5.81. The van der Waals surface area contributed by atoms with E-state index in [9.17, 15) is 14.9 Å². The maximum atomic E-state index is 12.1. The van der Waals surface area contributed by atoms with E-state index < -0.39 is 4.92 Å². The Kier molecular flexibility index (Phi) is 4.55. The molecular formula is C13H16N2O3S. The summed E-state index contributed by atoms with van der Waals surface area (Å²) in [5.41, 5.74) is 0.552. The monoisotopic (exact) mass is 280 g/mol. The van der Waals surface area contributed by atoms with Crippen LogP contribution >= 0.6 is 11.8 Å². The first kappa shape index (κ1) is 14.0. The fraction of sp³-hybridized carbons (Fsp3) is 0.462. The Balaban J connectivity index is 1.97. The lowest BCUT2D eigenvalue weighted by atomic mass is 10.1. The lowest BCUT2D eigenvalue weighted by molar-refractivity contribution is -0.384.